The zero-order valence-corrected chi connectivity index (χ0v) is 10.1. The Morgan fingerprint density at radius 1 is 1.33 bits per heavy atom. The van der Waals surface area contributed by atoms with E-state index in [1.54, 1.807) is 11.8 Å². The minimum Gasteiger partial charge on any atom is -0.477 e. The van der Waals surface area contributed by atoms with Crippen LogP contribution in [-0.4, -0.2) is 16.1 Å². The quantitative estimate of drug-likeness (QED) is 0.824. The van der Waals surface area contributed by atoms with Gasteiger partial charge in [-0.25, -0.2) is 4.79 Å². The van der Waals surface area contributed by atoms with Gasteiger partial charge in [-0.05, 0) is 17.7 Å². The Hall–Kier alpha value is -2.01. The molecular formula is C13H9NO3S. The number of carbonyl (C=O) groups is 1. The first-order chi connectivity index (χ1) is 8.66. The first kappa shape index (κ1) is 11.1. The number of carboxylic acid groups (broad SMARTS) is 1. The highest BCUT2D eigenvalue weighted by molar-refractivity contribution is 7.98. The predicted molar refractivity (Wildman–Crippen MR) is 69.0 cm³/mol. The zero-order valence-electron chi connectivity index (χ0n) is 9.27. The van der Waals surface area contributed by atoms with E-state index < -0.39 is 11.5 Å². The van der Waals surface area contributed by atoms with E-state index in [-0.39, 0.29) is 5.56 Å². The number of hydrogen-bond acceptors (Lipinski definition) is 3. The van der Waals surface area contributed by atoms with Crippen LogP contribution < -0.4 is 5.56 Å². The van der Waals surface area contributed by atoms with Gasteiger partial charge in [0.05, 0.1) is 5.69 Å². The number of thioether (sulfide) groups is 1. The molecule has 0 atom stereocenters. The van der Waals surface area contributed by atoms with E-state index in [0.717, 1.165) is 21.7 Å². The van der Waals surface area contributed by atoms with E-state index in [1.165, 1.54) is 6.07 Å². The van der Waals surface area contributed by atoms with Crippen LogP contribution in [0.25, 0.3) is 11.3 Å². The Balaban J connectivity index is 2.27. The van der Waals surface area contributed by atoms with Crippen molar-refractivity contribution in [1.82, 2.24) is 4.98 Å². The van der Waals surface area contributed by atoms with Gasteiger partial charge in [-0.1, -0.05) is 18.2 Å². The summed E-state index contributed by atoms with van der Waals surface area (Å²) in [7, 11) is 0. The van der Waals surface area contributed by atoms with Gasteiger partial charge in [0.15, 0.2) is 0 Å². The molecule has 0 fully saturated rings. The molecule has 1 aromatic carbocycles. The second kappa shape index (κ2) is 4.03. The summed E-state index contributed by atoms with van der Waals surface area (Å²) < 4.78 is 0. The van der Waals surface area contributed by atoms with Crippen molar-refractivity contribution in [2.45, 2.75) is 10.6 Å². The van der Waals surface area contributed by atoms with E-state index in [4.69, 9.17) is 5.11 Å². The van der Waals surface area contributed by atoms with Gasteiger partial charge in [0.25, 0.3) is 5.56 Å². The summed E-state index contributed by atoms with van der Waals surface area (Å²) in [5.41, 5.74) is 1.80. The molecule has 0 saturated carbocycles. The predicted octanol–water partition coefficient (Wildman–Crippen LogP) is 2.35. The van der Waals surface area contributed by atoms with Crippen molar-refractivity contribution in [1.29, 1.82) is 0 Å². The number of fused-ring (bicyclic) bond motifs is 3. The van der Waals surface area contributed by atoms with Crippen LogP contribution in [0.2, 0.25) is 0 Å². The molecule has 18 heavy (non-hydrogen) atoms. The molecule has 0 spiro atoms. The van der Waals surface area contributed by atoms with Gasteiger partial charge in [-0.2, -0.15) is 0 Å². The van der Waals surface area contributed by atoms with E-state index >= 15 is 0 Å². The van der Waals surface area contributed by atoms with Crippen molar-refractivity contribution in [3.05, 3.63) is 51.8 Å². The maximum Gasteiger partial charge on any atom is 0.341 e. The van der Waals surface area contributed by atoms with Crippen LogP contribution in [0.4, 0.5) is 0 Å². The van der Waals surface area contributed by atoms with Crippen LogP contribution in [0.15, 0.2) is 40.0 Å². The van der Waals surface area contributed by atoms with Crippen LogP contribution in [-0.2, 0) is 5.75 Å². The maximum atomic E-state index is 11.7. The third kappa shape index (κ3) is 1.64. The molecule has 0 amide bonds. The van der Waals surface area contributed by atoms with Crippen LogP contribution in [0, 0.1) is 0 Å². The van der Waals surface area contributed by atoms with Crippen molar-refractivity contribution in [2.24, 2.45) is 0 Å². The Labute approximate surface area is 107 Å². The summed E-state index contributed by atoms with van der Waals surface area (Å²) in [6.45, 7) is 0. The highest BCUT2D eigenvalue weighted by Gasteiger charge is 2.20. The van der Waals surface area contributed by atoms with E-state index in [0.29, 0.717) is 5.75 Å². The van der Waals surface area contributed by atoms with Crippen molar-refractivity contribution in [3.63, 3.8) is 0 Å². The Morgan fingerprint density at radius 2 is 2.11 bits per heavy atom. The highest BCUT2D eigenvalue weighted by atomic mass is 32.2. The Kier molecular flexibility index (Phi) is 2.48. The number of carboxylic acids is 1. The summed E-state index contributed by atoms with van der Waals surface area (Å²) in [5.74, 6) is -0.522. The van der Waals surface area contributed by atoms with Crippen molar-refractivity contribution in [3.8, 4) is 11.3 Å². The maximum absolute atomic E-state index is 11.7. The second-order valence-electron chi connectivity index (χ2n) is 4.00. The molecule has 0 aliphatic carbocycles. The molecule has 1 aliphatic rings. The lowest BCUT2D eigenvalue weighted by Crippen LogP contribution is -2.20. The number of nitrogens with one attached hydrogen (secondary N) is 1. The van der Waals surface area contributed by atoms with E-state index in [1.807, 2.05) is 24.3 Å². The number of H-pyrrole nitrogens is 1. The van der Waals surface area contributed by atoms with Crippen LogP contribution >= 0.6 is 11.8 Å². The van der Waals surface area contributed by atoms with Crippen LogP contribution in [0.5, 0.6) is 0 Å². The molecule has 0 radical (unpaired) electrons. The van der Waals surface area contributed by atoms with Gasteiger partial charge >= 0.3 is 5.97 Å². The number of pyridine rings is 1. The largest absolute Gasteiger partial charge is 0.477 e. The zero-order chi connectivity index (χ0) is 12.7. The number of rotatable bonds is 1. The highest BCUT2D eigenvalue weighted by Crippen LogP contribution is 2.39. The summed E-state index contributed by atoms with van der Waals surface area (Å²) in [4.78, 5) is 26.4. The Bertz CT molecular complexity index is 706. The first-order valence-electron chi connectivity index (χ1n) is 5.38. The standard InChI is InChI=1S/C13H9NO3S/c15-12-9(13(16)17)5-7-6-18-10-4-2-1-3-8(10)11(7)14-12/h1-5H,6H2,(H,14,15)(H,16,17). The minimum absolute atomic E-state index is 0.200. The molecule has 1 aliphatic heterocycles. The van der Waals surface area contributed by atoms with Gasteiger partial charge < -0.3 is 10.1 Å². The number of hydrogen-bond donors (Lipinski definition) is 2. The third-order valence-electron chi connectivity index (χ3n) is 2.89. The molecule has 90 valence electrons. The molecule has 1 aromatic heterocycles. The van der Waals surface area contributed by atoms with Gasteiger partial charge in [0.2, 0.25) is 0 Å². The fraction of sp³-hybridized carbons (Fsp3) is 0.0769. The van der Waals surface area contributed by atoms with E-state index in [9.17, 15) is 9.59 Å². The number of aromatic carboxylic acids is 1. The molecule has 2 N–H and O–H groups in total. The minimum atomic E-state index is -1.19. The molecule has 5 heteroatoms. The smallest absolute Gasteiger partial charge is 0.341 e. The lowest BCUT2D eigenvalue weighted by Gasteiger charge is -2.18. The molecular weight excluding hydrogens is 250 g/mol. The number of aromatic nitrogens is 1. The summed E-state index contributed by atoms with van der Waals surface area (Å²) in [6.07, 6.45) is 0. The van der Waals surface area contributed by atoms with Crippen molar-refractivity contribution >= 4 is 17.7 Å². The molecule has 0 saturated heterocycles. The third-order valence-corrected chi connectivity index (χ3v) is 4.02. The van der Waals surface area contributed by atoms with Crippen molar-refractivity contribution in [2.75, 3.05) is 0 Å². The average molecular weight is 259 g/mol. The van der Waals surface area contributed by atoms with Crippen LogP contribution in [0.1, 0.15) is 15.9 Å². The van der Waals surface area contributed by atoms with Gasteiger partial charge in [0.1, 0.15) is 5.56 Å². The summed E-state index contributed by atoms with van der Waals surface area (Å²) in [6, 6.07) is 9.24. The number of aromatic amines is 1. The number of benzene rings is 1. The molecule has 3 rings (SSSR count). The summed E-state index contributed by atoms with van der Waals surface area (Å²) >= 11 is 1.64. The second-order valence-corrected chi connectivity index (χ2v) is 5.02. The SMILES string of the molecule is O=C(O)c1cc2c([nH]c1=O)-c1ccccc1SC2. The fourth-order valence-corrected chi connectivity index (χ4v) is 3.08. The van der Waals surface area contributed by atoms with Crippen LogP contribution in [0.3, 0.4) is 0 Å². The lowest BCUT2D eigenvalue weighted by atomic mass is 10.0. The van der Waals surface area contributed by atoms with Gasteiger partial charge in [-0.3, -0.25) is 4.79 Å². The topological polar surface area (TPSA) is 70.2 Å². The average Bonchev–Trinajstić information content (AvgIpc) is 2.37. The molecule has 0 bridgehead atoms. The molecule has 2 heterocycles. The molecule has 0 unspecified atom stereocenters. The monoisotopic (exact) mass is 259 g/mol. The lowest BCUT2D eigenvalue weighted by molar-refractivity contribution is 0.0695. The van der Waals surface area contributed by atoms with Gasteiger partial charge in [-0.15, -0.1) is 11.8 Å². The molecule has 2 aromatic rings. The summed E-state index contributed by atoms with van der Waals surface area (Å²) in [5, 5.41) is 8.94. The van der Waals surface area contributed by atoms with Crippen molar-refractivity contribution < 1.29 is 9.90 Å². The normalized spacial score (nSPS) is 12.7. The van der Waals surface area contributed by atoms with Gasteiger partial charge in [0, 0.05) is 16.2 Å². The van der Waals surface area contributed by atoms with E-state index in [2.05, 4.69) is 4.98 Å². The molecule has 4 nitrogen and oxygen atoms in total. The first-order valence-corrected chi connectivity index (χ1v) is 6.37. The Morgan fingerprint density at radius 3 is 2.89 bits per heavy atom. The fourth-order valence-electron chi connectivity index (χ4n) is 2.04.